The van der Waals surface area contributed by atoms with E-state index in [1.165, 1.54) is 39.2 Å². The standard InChI is InChI=1S/C15H22N2O3/c1-20-15-8-7-13(9-14(15)17(18)19)11-16-10-12-5-3-2-4-6-12/h7-9,12,16H,2-6,10-11H2,1H3. The SMILES string of the molecule is COc1ccc(CNCC2CCCCC2)cc1[N+](=O)[O-]. The highest BCUT2D eigenvalue weighted by atomic mass is 16.6. The second kappa shape index (κ2) is 7.24. The first-order valence-corrected chi connectivity index (χ1v) is 7.22. The number of methoxy groups -OCH3 is 1. The molecule has 5 heteroatoms. The van der Waals surface area contributed by atoms with Gasteiger partial charge in [-0.3, -0.25) is 10.1 Å². The Hall–Kier alpha value is -1.62. The fourth-order valence-electron chi connectivity index (χ4n) is 2.80. The zero-order valence-electron chi connectivity index (χ0n) is 11.9. The van der Waals surface area contributed by atoms with Gasteiger partial charge in [0, 0.05) is 12.6 Å². The van der Waals surface area contributed by atoms with Crippen LogP contribution < -0.4 is 10.1 Å². The highest BCUT2D eigenvalue weighted by molar-refractivity contribution is 5.48. The zero-order chi connectivity index (χ0) is 14.4. The number of nitrogens with zero attached hydrogens (tertiary/aromatic N) is 1. The summed E-state index contributed by atoms with van der Waals surface area (Å²) in [6, 6.07) is 5.13. The topological polar surface area (TPSA) is 64.4 Å². The molecule has 0 saturated heterocycles. The summed E-state index contributed by atoms with van der Waals surface area (Å²) in [5, 5.41) is 14.4. The van der Waals surface area contributed by atoms with Crippen molar-refractivity contribution in [2.45, 2.75) is 38.6 Å². The summed E-state index contributed by atoms with van der Waals surface area (Å²) in [5.74, 6) is 1.07. The van der Waals surface area contributed by atoms with Crippen LogP contribution in [0.3, 0.4) is 0 Å². The van der Waals surface area contributed by atoms with Crippen molar-refractivity contribution < 1.29 is 9.66 Å². The molecule has 0 unspecified atom stereocenters. The summed E-state index contributed by atoms with van der Waals surface area (Å²) in [7, 11) is 1.45. The second-order valence-electron chi connectivity index (χ2n) is 5.40. The Labute approximate surface area is 119 Å². The van der Waals surface area contributed by atoms with Crippen LogP contribution in [0.15, 0.2) is 18.2 Å². The van der Waals surface area contributed by atoms with E-state index in [1.807, 2.05) is 6.07 Å². The summed E-state index contributed by atoms with van der Waals surface area (Å²) >= 11 is 0. The van der Waals surface area contributed by atoms with E-state index in [-0.39, 0.29) is 5.69 Å². The highest BCUT2D eigenvalue weighted by Crippen LogP contribution is 2.27. The molecule has 0 spiro atoms. The van der Waals surface area contributed by atoms with Crippen LogP contribution in [-0.2, 0) is 6.54 Å². The minimum absolute atomic E-state index is 0.0319. The molecule has 0 radical (unpaired) electrons. The minimum atomic E-state index is -0.399. The molecule has 1 N–H and O–H groups in total. The zero-order valence-corrected chi connectivity index (χ0v) is 11.9. The van der Waals surface area contributed by atoms with Crippen molar-refractivity contribution in [3.8, 4) is 5.75 Å². The van der Waals surface area contributed by atoms with E-state index >= 15 is 0 Å². The summed E-state index contributed by atoms with van der Waals surface area (Å²) in [5.41, 5.74) is 0.956. The summed E-state index contributed by atoms with van der Waals surface area (Å²) in [6.07, 6.45) is 6.63. The Morgan fingerprint density at radius 2 is 2.10 bits per heavy atom. The molecule has 0 atom stereocenters. The van der Waals surface area contributed by atoms with E-state index in [1.54, 1.807) is 12.1 Å². The van der Waals surface area contributed by atoms with Crippen molar-refractivity contribution >= 4 is 5.69 Å². The van der Waals surface area contributed by atoms with Crippen LogP contribution in [0, 0.1) is 16.0 Å². The summed E-state index contributed by atoms with van der Waals surface area (Å²) in [4.78, 5) is 10.6. The maximum Gasteiger partial charge on any atom is 0.311 e. The van der Waals surface area contributed by atoms with E-state index in [4.69, 9.17) is 4.74 Å². The van der Waals surface area contributed by atoms with Gasteiger partial charge in [-0.1, -0.05) is 25.3 Å². The van der Waals surface area contributed by atoms with Crippen molar-refractivity contribution in [1.29, 1.82) is 0 Å². The number of hydrogen-bond donors (Lipinski definition) is 1. The lowest BCUT2D eigenvalue weighted by atomic mass is 9.89. The Balaban J connectivity index is 1.89. The fraction of sp³-hybridized carbons (Fsp3) is 0.600. The lowest BCUT2D eigenvalue weighted by molar-refractivity contribution is -0.385. The molecule has 0 aromatic heterocycles. The summed E-state index contributed by atoms with van der Waals surface area (Å²) in [6.45, 7) is 1.67. The van der Waals surface area contributed by atoms with Crippen LogP contribution in [0.25, 0.3) is 0 Å². The van der Waals surface area contributed by atoms with Gasteiger partial charge in [0.15, 0.2) is 5.75 Å². The lowest BCUT2D eigenvalue weighted by Gasteiger charge is -2.21. The van der Waals surface area contributed by atoms with Crippen molar-refractivity contribution in [3.05, 3.63) is 33.9 Å². The molecule has 5 nitrogen and oxygen atoms in total. The molecule has 0 heterocycles. The molecule has 1 fully saturated rings. The average Bonchev–Trinajstić information content (AvgIpc) is 2.48. The largest absolute Gasteiger partial charge is 0.490 e. The first-order chi connectivity index (χ1) is 9.70. The number of nitrogens with one attached hydrogen (secondary N) is 1. The molecule has 1 aliphatic rings. The molecular formula is C15H22N2O3. The van der Waals surface area contributed by atoms with Gasteiger partial charge in [0.2, 0.25) is 0 Å². The quantitative estimate of drug-likeness (QED) is 0.640. The number of rotatable bonds is 6. The number of ether oxygens (including phenoxy) is 1. The van der Waals surface area contributed by atoms with Crippen LogP contribution in [0.4, 0.5) is 5.69 Å². The Kier molecular flexibility index (Phi) is 5.35. The van der Waals surface area contributed by atoms with Gasteiger partial charge in [-0.15, -0.1) is 0 Å². The van der Waals surface area contributed by atoms with Gasteiger partial charge in [-0.2, -0.15) is 0 Å². The van der Waals surface area contributed by atoms with E-state index in [9.17, 15) is 10.1 Å². The first kappa shape index (κ1) is 14.8. The molecule has 0 aliphatic heterocycles. The third kappa shape index (κ3) is 3.93. The van der Waals surface area contributed by atoms with Gasteiger partial charge in [0.1, 0.15) is 0 Å². The molecule has 0 amide bonds. The monoisotopic (exact) mass is 278 g/mol. The fourth-order valence-corrected chi connectivity index (χ4v) is 2.80. The van der Waals surface area contributed by atoms with Crippen molar-refractivity contribution in [3.63, 3.8) is 0 Å². The van der Waals surface area contributed by atoms with E-state index in [0.717, 1.165) is 18.0 Å². The predicted octanol–water partition coefficient (Wildman–Crippen LogP) is 3.27. The van der Waals surface area contributed by atoms with Crippen LogP contribution in [0.2, 0.25) is 0 Å². The second-order valence-corrected chi connectivity index (χ2v) is 5.40. The lowest BCUT2D eigenvalue weighted by Crippen LogP contribution is -2.24. The van der Waals surface area contributed by atoms with Gasteiger partial charge in [-0.05, 0) is 36.9 Å². The molecule has 1 aromatic rings. The number of hydrogen-bond acceptors (Lipinski definition) is 4. The average molecular weight is 278 g/mol. The third-order valence-corrected chi connectivity index (χ3v) is 3.93. The number of nitro benzene ring substituents is 1. The molecule has 1 saturated carbocycles. The molecule has 2 rings (SSSR count). The van der Waals surface area contributed by atoms with Gasteiger partial charge >= 0.3 is 5.69 Å². The molecule has 1 aliphatic carbocycles. The van der Waals surface area contributed by atoms with Crippen LogP contribution in [0.1, 0.15) is 37.7 Å². The summed E-state index contributed by atoms with van der Waals surface area (Å²) < 4.78 is 5.00. The van der Waals surface area contributed by atoms with Crippen molar-refractivity contribution in [2.24, 2.45) is 5.92 Å². The first-order valence-electron chi connectivity index (χ1n) is 7.22. The maximum absolute atomic E-state index is 11.0. The van der Waals surface area contributed by atoms with Crippen LogP contribution >= 0.6 is 0 Å². The molecular weight excluding hydrogens is 256 g/mol. The van der Waals surface area contributed by atoms with E-state index in [0.29, 0.717) is 12.3 Å². The molecule has 1 aromatic carbocycles. The normalized spacial score (nSPS) is 16.1. The minimum Gasteiger partial charge on any atom is -0.490 e. The van der Waals surface area contributed by atoms with Crippen molar-refractivity contribution in [2.75, 3.05) is 13.7 Å². The van der Waals surface area contributed by atoms with Crippen LogP contribution in [-0.4, -0.2) is 18.6 Å². The third-order valence-electron chi connectivity index (χ3n) is 3.93. The number of nitro groups is 1. The molecule has 0 bridgehead atoms. The van der Waals surface area contributed by atoms with Gasteiger partial charge < -0.3 is 10.1 Å². The maximum atomic E-state index is 11.0. The Morgan fingerprint density at radius 3 is 2.75 bits per heavy atom. The van der Waals surface area contributed by atoms with Gasteiger partial charge in [0.05, 0.1) is 12.0 Å². The predicted molar refractivity (Wildman–Crippen MR) is 77.9 cm³/mol. The van der Waals surface area contributed by atoms with Crippen LogP contribution in [0.5, 0.6) is 5.75 Å². The Bertz CT molecular complexity index is 456. The van der Waals surface area contributed by atoms with Gasteiger partial charge in [-0.25, -0.2) is 0 Å². The van der Waals surface area contributed by atoms with E-state index < -0.39 is 4.92 Å². The Morgan fingerprint density at radius 1 is 1.35 bits per heavy atom. The highest BCUT2D eigenvalue weighted by Gasteiger charge is 2.16. The number of benzene rings is 1. The molecule has 110 valence electrons. The van der Waals surface area contributed by atoms with E-state index in [2.05, 4.69) is 5.32 Å². The smallest absolute Gasteiger partial charge is 0.311 e. The van der Waals surface area contributed by atoms with Gasteiger partial charge in [0.25, 0.3) is 0 Å². The molecule has 20 heavy (non-hydrogen) atoms. The van der Waals surface area contributed by atoms with Crippen molar-refractivity contribution in [1.82, 2.24) is 5.32 Å².